The summed E-state index contributed by atoms with van der Waals surface area (Å²) >= 11 is 4.37. The average Bonchev–Trinajstić information content (AvgIpc) is 2.74. The summed E-state index contributed by atoms with van der Waals surface area (Å²) in [6.07, 6.45) is 0. The molecule has 0 atom stereocenters. The minimum absolute atomic E-state index is 0.218. The lowest BCUT2D eigenvalue weighted by Gasteiger charge is -2.03. The van der Waals surface area contributed by atoms with Gasteiger partial charge in [-0.15, -0.1) is 10.2 Å². The molecule has 0 spiro atoms. The summed E-state index contributed by atoms with van der Waals surface area (Å²) in [5.74, 6) is -0.895. The predicted molar refractivity (Wildman–Crippen MR) is 62.0 cm³/mol. The zero-order valence-electron chi connectivity index (χ0n) is 7.78. The summed E-state index contributed by atoms with van der Waals surface area (Å²) in [5, 5.41) is 10.1. The molecular weight excluding hydrogens is 297 g/mol. The van der Waals surface area contributed by atoms with Crippen LogP contribution in [0.4, 0.5) is 9.52 Å². The third-order valence-corrected chi connectivity index (χ3v) is 3.05. The first-order valence-corrected chi connectivity index (χ1v) is 5.86. The largest absolute Gasteiger partial charge is 0.296 e. The molecule has 4 nitrogen and oxygen atoms in total. The van der Waals surface area contributed by atoms with Crippen LogP contribution in [-0.4, -0.2) is 16.1 Å². The molecule has 0 saturated carbocycles. The Hall–Kier alpha value is -1.34. The Labute approximate surface area is 103 Å². The fraction of sp³-hybridized carbons (Fsp3) is 0. The highest BCUT2D eigenvalue weighted by Crippen LogP contribution is 2.19. The van der Waals surface area contributed by atoms with Gasteiger partial charge in [-0.2, -0.15) is 0 Å². The van der Waals surface area contributed by atoms with Crippen molar-refractivity contribution in [2.45, 2.75) is 0 Å². The third kappa shape index (κ3) is 2.42. The lowest BCUT2D eigenvalue weighted by molar-refractivity contribution is 0.102. The van der Waals surface area contributed by atoms with Crippen LogP contribution in [0.25, 0.3) is 0 Å². The Balaban J connectivity index is 2.24. The molecule has 2 rings (SSSR count). The second kappa shape index (κ2) is 4.67. The lowest BCUT2D eigenvalue weighted by atomic mass is 10.2. The van der Waals surface area contributed by atoms with E-state index in [9.17, 15) is 9.18 Å². The number of nitrogens with one attached hydrogen (secondary N) is 1. The molecule has 0 aliphatic heterocycles. The maximum absolute atomic E-state index is 13.0. The van der Waals surface area contributed by atoms with Crippen LogP contribution in [0, 0.1) is 5.82 Å². The Morgan fingerprint density at radius 1 is 1.50 bits per heavy atom. The zero-order valence-corrected chi connectivity index (χ0v) is 10.2. The van der Waals surface area contributed by atoms with Gasteiger partial charge in [0.2, 0.25) is 5.13 Å². The maximum Gasteiger partial charge on any atom is 0.258 e. The molecule has 1 heterocycles. The van der Waals surface area contributed by atoms with Crippen molar-refractivity contribution in [2.24, 2.45) is 0 Å². The Morgan fingerprint density at radius 2 is 2.31 bits per heavy atom. The number of amides is 1. The number of carbonyl (C=O) groups is 1. The van der Waals surface area contributed by atoms with Gasteiger partial charge in [-0.05, 0) is 34.1 Å². The highest BCUT2D eigenvalue weighted by atomic mass is 79.9. The molecule has 2 aromatic rings. The smallest absolute Gasteiger partial charge is 0.258 e. The molecule has 0 fully saturated rings. The molecule has 0 radical (unpaired) electrons. The number of hydrogen-bond acceptors (Lipinski definition) is 4. The van der Waals surface area contributed by atoms with E-state index < -0.39 is 11.7 Å². The van der Waals surface area contributed by atoms with E-state index in [-0.39, 0.29) is 5.56 Å². The van der Waals surface area contributed by atoms with E-state index in [0.29, 0.717) is 9.60 Å². The molecule has 0 aliphatic carbocycles. The predicted octanol–water partition coefficient (Wildman–Crippen LogP) is 2.69. The molecule has 82 valence electrons. The molecule has 1 N–H and O–H groups in total. The summed E-state index contributed by atoms with van der Waals surface area (Å²) < 4.78 is 13.5. The molecule has 1 amide bonds. The second-order valence-electron chi connectivity index (χ2n) is 2.82. The first-order chi connectivity index (χ1) is 7.66. The van der Waals surface area contributed by atoms with Gasteiger partial charge < -0.3 is 0 Å². The quantitative estimate of drug-likeness (QED) is 0.928. The topological polar surface area (TPSA) is 54.9 Å². The number of anilines is 1. The van der Waals surface area contributed by atoms with Gasteiger partial charge in [-0.25, -0.2) is 4.39 Å². The fourth-order valence-electron chi connectivity index (χ4n) is 1.06. The minimum Gasteiger partial charge on any atom is -0.296 e. The van der Waals surface area contributed by atoms with Crippen LogP contribution < -0.4 is 5.32 Å². The van der Waals surface area contributed by atoms with E-state index >= 15 is 0 Å². The molecule has 0 saturated heterocycles. The van der Waals surface area contributed by atoms with E-state index in [4.69, 9.17) is 0 Å². The molecule has 7 heteroatoms. The Morgan fingerprint density at radius 3 is 3.00 bits per heavy atom. The highest BCUT2D eigenvalue weighted by Gasteiger charge is 2.12. The number of benzene rings is 1. The van der Waals surface area contributed by atoms with Gasteiger partial charge in [0.25, 0.3) is 5.91 Å². The van der Waals surface area contributed by atoms with Gasteiger partial charge in [-0.3, -0.25) is 10.1 Å². The number of hydrogen-bond donors (Lipinski definition) is 1. The molecular formula is C9H5BrFN3OS. The van der Waals surface area contributed by atoms with Gasteiger partial charge in [0.05, 0.1) is 5.56 Å². The minimum atomic E-state index is -0.467. The van der Waals surface area contributed by atoms with Gasteiger partial charge in [0, 0.05) is 4.47 Å². The van der Waals surface area contributed by atoms with Crippen LogP contribution in [0.5, 0.6) is 0 Å². The Kier molecular flexibility index (Phi) is 3.25. The van der Waals surface area contributed by atoms with Crippen molar-refractivity contribution in [3.8, 4) is 0 Å². The number of halogens is 2. The third-order valence-electron chi connectivity index (χ3n) is 1.75. The van der Waals surface area contributed by atoms with Crippen LogP contribution in [-0.2, 0) is 0 Å². The second-order valence-corrected chi connectivity index (χ2v) is 4.51. The number of aromatic nitrogens is 2. The van der Waals surface area contributed by atoms with Gasteiger partial charge >= 0.3 is 0 Å². The molecule has 1 aromatic heterocycles. The maximum atomic E-state index is 13.0. The summed E-state index contributed by atoms with van der Waals surface area (Å²) in [7, 11) is 0. The standard InChI is InChI=1S/C9H5BrFN3OS/c10-7-2-1-5(11)3-6(7)8(15)13-9-14-12-4-16-9/h1-4H,(H,13,14,15). The number of rotatable bonds is 2. The lowest BCUT2D eigenvalue weighted by Crippen LogP contribution is -2.12. The first-order valence-electron chi connectivity index (χ1n) is 4.19. The summed E-state index contributed by atoms with van der Waals surface area (Å²) in [6.45, 7) is 0. The van der Waals surface area contributed by atoms with Crippen LogP contribution in [0.15, 0.2) is 28.2 Å². The first kappa shape index (κ1) is 11.2. The van der Waals surface area contributed by atoms with Crippen LogP contribution in [0.3, 0.4) is 0 Å². The van der Waals surface area contributed by atoms with Crippen LogP contribution >= 0.6 is 27.3 Å². The molecule has 0 aliphatic rings. The van der Waals surface area contributed by atoms with E-state index in [1.165, 1.54) is 29.0 Å². The Bertz CT molecular complexity index is 517. The van der Waals surface area contributed by atoms with Crippen molar-refractivity contribution in [1.82, 2.24) is 10.2 Å². The van der Waals surface area contributed by atoms with Crippen molar-refractivity contribution >= 4 is 38.3 Å². The fourth-order valence-corrected chi connectivity index (χ4v) is 1.93. The molecule has 0 bridgehead atoms. The summed E-state index contributed by atoms with van der Waals surface area (Å²) in [6, 6.07) is 3.90. The zero-order chi connectivity index (χ0) is 11.5. The monoisotopic (exact) mass is 301 g/mol. The van der Waals surface area contributed by atoms with Crippen molar-refractivity contribution < 1.29 is 9.18 Å². The van der Waals surface area contributed by atoms with Crippen LogP contribution in [0.2, 0.25) is 0 Å². The van der Waals surface area contributed by atoms with E-state index in [1.54, 1.807) is 0 Å². The molecule has 1 aromatic carbocycles. The SMILES string of the molecule is O=C(Nc1nncs1)c1cc(F)ccc1Br. The molecule has 16 heavy (non-hydrogen) atoms. The molecule has 0 unspecified atom stereocenters. The van der Waals surface area contributed by atoms with E-state index in [1.807, 2.05) is 0 Å². The van der Waals surface area contributed by atoms with Crippen molar-refractivity contribution in [2.75, 3.05) is 5.32 Å². The van der Waals surface area contributed by atoms with Crippen molar-refractivity contribution in [1.29, 1.82) is 0 Å². The average molecular weight is 302 g/mol. The summed E-state index contributed by atoms with van der Waals surface area (Å²) in [5.41, 5.74) is 1.71. The van der Waals surface area contributed by atoms with Crippen LogP contribution in [0.1, 0.15) is 10.4 Å². The summed E-state index contributed by atoms with van der Waals surface area (Å²) in [4.78, 5) is 11.7. The van der Waals surface area contributed by atoms with E-state index in [2.05, 4.69) is 31.4 Å². The van der Waals surface area contributed by atoms with E-state index in [0.717, 1.165) is 6.07 Å². The van der Waals surface area contributed by atoms with Gasteiger partial charge in [0.1, 0.15) is 11.3 Å². The van der Waals surface area contributed by atoms with Crippen molar-refractivity contribution in [3.63, 3.8) is 0 Å². The van der Waals surface area contributed by atoms with Crippen molar-refractivity contribution in [3.05, 3.63) is 39.6 Å². The highest BCUT2D eigenvalue weighted by molar-refractivity contribution is 9.10. The normalized spacial score (nSPS) is 10.1. The number of carbonyl (C=O) groups excluding carboxylic acids is 1. The van der Waals surface area contributed by atoms with Gasteiger partial charge in [0.15, 0.2) is 0 Å². The van der Waals surface area contributed by atoms with Gasteiger partial charge in [-0.1, -0.05) is 11.3 Å². The number of nitrogens with zero attached hydrogens (tertiary/aromatic N) is 2.